The molecule has 5 nitrogen and oxygen atoms in total. The van der Waals surface area contributed by atoms with Gasteiger partial charge >= 0.3 is 5.97 Å². The van der Waals surface area contributed by atoms with Gasteiger partial charge in [0.25, 0.3) is 5.91 Å². The van der Waals surface area contributed by atoms with Gasteiger partial charge in [0.1, 0.15) is 0 Å². The van der Waals surface area contributed by atoms with E-state index in [1.807, 2.05) is 31.2 Å². The summed E-state index contributed by atoms with van der Waals surface area (Å²) in [5.41, 5.74) is 1.62. The van der Waals surface area contributed by atoms with Gasteiger partial charge in [0, 0.05) is 4.90 Å². The molecule has 2 rings (SSSR count). The highest BCUT2D eigenvalue weighted by atomic mass is 35.5. The number of thioether (sulfide) groups is 1. The molecule has 0 fully saturated rings. The molecule has 2 aromatic rings. The summed E-state index contributed by atoms with van der Waals surface area (Å²) in [4.78, 5) is 28.7. The summed E-state index contributed by atoms with van der Waals surface area (Å²) in [6, 6.07) is 9.22. The number of aryl methyl sites for hydroxylation is 2. The second-order valence-electron chi connectivity index (χ2n) is 5.15. The Balaban J connectivity index is 1.81. The molecule has 0 radical (unpaired) electrons. The Kier molecular flexibility index (Phi) is 7.11. The molecule has 0 atom stereocenters. The van der Waals surface area contributed by atoms with Crippen LogP contribution in [0, 0.1) is 13.8 Å². The molecule has 1 aromatic heterocycles. The van der Waals surface area contributed by atoms with Crippen LogP contribution in [-0.2, 0) is 14.3 Å². The fourth-order valence-electron chi connectivity index (χ4n) is 1.86. The Morgan fingerprint density at radius 1 is 1.20 bits per heavy atom. The molecule has 0 aliphatic rings. The molecule has 0 saturated heterocycles. The standard InChI is InChI=1S/C17H16Cl2N2O3S/c1-10-5-3-4-6-14(10)25-9-16(23)24-8-15(22)21-17-13(19)7-12(18)11(2)20-17/h3-7H,8-9H2,1-2H3,(H,20,21,22). The van der Waals surface area contributed by atoms with E-state index in [9.17, 15) is 9.59 Å². The molecule has 132 valence electrons. The number of anilines is 1. The van der Waals surface area contributed by atoms with E-state index < -0.39 is 18.5 Å². The van der Waals surface area contributed by atoms with Crippen LogP contribution in [0.4, 0.5) is 5.82 Å². The molecule has 1 amide bonds. The maximum absolute atomic E-state index is 11.9. The Hall–Kier alpha value is -1.76. The van der Waals surface area contributed by atoms with Crippen molar-refractivity contribution in [1.29, 1.82) is 0 Å². The number of benzene rings is 1. The van der Waals surface area contributed by atoms with Gasteiger partial charge in [0.05, 0.1) is 21.5 Å². The van der Waals surface area contributed by atoms with Crippen molar-refractivity contribution in [2.75, 3.05) is 17.7 Å². The summed E-state index contributed by atoms with van der Waals surface area (Å²) in [5, 5.41) is 3.11. The molecule has 0 spiro atoms. The van der Waals surface area contributed by atoms with E-state index in [0.29, 0.717) is 10.7 Å². The third kappa shape index (κ3) is 5.92. The predicted octanol–water partition coefficient (Wildman–Crippen LogP) is 4.28. The van der Waals surface area contributed by atoms with Gasteiger partial charge in [-0.15, -0.1) is 11.8 Å². The van der Waals surface area contributed by atoms with Crippen LogP contribution in [0.2, 0.25) is 10.0 Å². The molecule has 0 saturated carbocycles. The summed E-state index contributed by atoms with van der Waals surface area (Å²) in [6.45, 7) is 3.25. The van der Waals surface area contributed by atoms with Crippen molar-refractivity contribution < 1.29 is 14.3 Å². The van der Waals surface area contributed by atoms with E-state index in [4.69, 9.17) is 27.9 Å². The Bertz CT molecular complexity index is 799. The summed E-state index contributed by atoms with van der Waals surface area (Å²) < 4.78 is 4.96. The SMILES string of the molecule is Cc1ccccc1SCC(=O)OCC(=O)Nc1nc(C)c(Cl)cc1Cl. The van der Waals surface area contributed by atoms with Crippen molar-refractivity contribution in [2.24, 2.45) is 0 Å². The first-order valence-corrected chi connectivity index (χ1v) is 9.07. The summed E-state index contributed by atoms with van der Waals surface area (Å²) >= 11 is 13.2. The second-order valence-corrected chi connectivity index (χ2v) is 6.98. The fraction of sp³-hybridized carbons (Fsp3) is 0.235. The van der Waals surface area contributed by atoms with Crippen molar-refractivity contribution in [3.8, 4) is 0 Å². The molecule has 0 aliphatic heterocycles. The Morgan fingerprint density at radius 3 is 2.64 bits per heavy atom. The molecule has 25 heavy (non-hydrogen) atoms. The van der Waals surface area contributed by atoms with Gasteiger partial charge in [-0.3, -0.25) is 9.59 Å². The second kappa shape index (κ2) is 9.08. The highest BCUT2D eigenvalue weighted by Gasteiger charge is 2.13. The lowest BCUT2D eigenvalue weighted by Crippen LogP contribution is -2.22. The molecular weight excluding hydrogens is 383 g/mol. The molecule has 1 N–H and O–H groups in total. The Labute approximate surface area is 160 Å². The fourth-order valence-corrected chi connectivity index (χ4v) is 3.09. The predicted molar refractivity (Wildman–Crippen MR) is 100 cm³/mol. The van der Waals surface area contributed by atoms with E-state index in [-0.39, 0.29) is 16.6 Å². The lowest BCUT2D eigenvalue weighted by atomic mass is 10.2. The van der Waals surface area contributed by atoms with Crippen LogP contribution < -0.4 is 5.32 Å². The van der Waals surface area contributed by atoms with Gasteiger partial charge in [0.15, 0.2) is 12.4 Å². The van der Waals surface area contributed by atoms with Crippen molar-refractivity contribution in [2.45, 2.75) is 18.7 Å². The van der Waals surface area contributed by atoms with Gasteiger partial charge in [-0.2, -0.15) is 0 Å². The van der Waals surface area contributed by atoms with Crippen LogP contribution in [0.5, 0.6) is 0 Å². The average molecular weight is 399 g/mol. The minimum Gasteiger partial charge on any atom is -0.455 e. The number of halogens is 2. The third-order valence-corrected chi connectivity index (χ3v) is 4.99. The highest BCUT2D eigenvalue weighted by molar-refractivity contribution is 8.00. The number of ether oxygens (including phenoxy) is 1. The van der Waals surface area contributed by atoms with Crippen LogP contribution in [-0.4, -0.2) is 29.2 Å². The van der Waals surface area contributed by atoms with Crippen LogP contribution in [0.3, 0.4) is 0 Å². The number of nitrogens with zero attached hydrogens (tertiary/aromatic N) is 1. The number of rotatable bonds is 6. The van der Waals surface area contributed by atoms with Gasteiger partial charge in [-0.1, -0.05) is 41.4 Å². The van der Waals surface area contributed by atoms with Gasteiger partial charge < -0.3 is 10.1 Å². The first-order valence-electron chi connectivity index (χ1n) is 7.33. The highest BCUT2D eigenvalue weighted by Crippen LogP contribution is 2.25. The first kappa shape index (κ1) is 19.6. The van der Waals surface area contributed by atoms with E-state index >= 15 is 0 Å². The van der Waals surface area contributed by atoms with Crippen molar-refractivity contribution in [1.82, 2.24) is 4.98 Å². The van der Waals surface area contributed by atoms with Crippen molar-refractivity contribution >= 4 is 52.7 Å². The minimum absolute atomic E-state index is 0.122. The van der Waals surface area contributed by atoms with E-state index in [0.717, 1.165) is 10.5 Å². The molecule has 1 aromatic carbocycles. The maximum atomic E-state index is 11.9. The van der Waals surface area contributed by atoms with Crippen LogP contribution in [0.1, 0.15) is 11.3 Å². The first-order chi connectivity index (χ1) is 11.9. The Morgan fingerprint density at radius 2 is 1.92 bits per heavy atom. The van der Waals surface area contributed by atoms with Gasteiger partial charge in [0.2, 0.25) is 0 Å². The van der Waals surface area contributed by atoms with Crippen LogP contribution >= 0.6 is 35.0 Å². The average Bonchev–Trinajstić information content (AvgIpc) is 2.57. The van der Waals surface area contributed by atoms with Crippen molar-refractivity contribution in [3.05, 3.63) is 51.6 Å². The zero-order chi connectivity index (χ0) is 18.4. The molecule has 8 heteroatoms. The smallest absolute Gasteiger partial charge is 0.316 e. The molecule has 0 unspecified atom stereocenters. The maximum Gasteiger partial charge on any atom is 0.316 e. The largest absolute Gasteiger partial charge is 0.455 e. The van der Waals surface area contributed by atoms with Gasteiger partial charge in [-0.05, 0) is 31.5 Å². The van der Waals surface area contributed by atoms with E-state index in [2.05, 4.69) is 10.3 Å². The number of pyridine rings is 1. The minimum atomic E-state index is -0.523. The quantitative estimate of drug-likeness (QED) is 0.580. The van der Waals surface area contributed by atoms with E-state index in [1.165, 1.54) is 17.8 Å². The molecular formula is C17H16Cl2N2O3S. The molecule has 0 bridgehead atoms. The number of amides is 1. The zero-order valence-corrected chi connectivity index (χ0v) is 16.0. The lowest BCUT2D eigenvalue weighted by molar-refractivity contribution is -0.144. The zero-order valence-electron chi connectivity index (χ0n) is 13.6. The number of esters is 1. The van der Waals surface area contributed by atoms with Crippen LogP contribution in [0.15, 0.2) is 35.2 Å². The summed E-state index contributed by atoms with van der Waals surface area (Å²) in [5.74, 6) is -0.698. The normalized spacial score (nSPS) is 10.4. The summed E-state index contributed by atoms with van der Waals surface area (Å²) in [7, 11) is 0. The number of hydrogen-bond donors (Lipinski definition) is 1. The number of hydrogen-bond acceptors (Lipinski definition) is 5. The monoisotopic (exact) mass is 398 g/mol. The summed E-state index contributed by atoms with van der Waals surface area (Å²) in [6.07, 6.45) is 0. The molecule has 0 aliphatic carbocycles. The van der Waals surface area contributed by atoms with Crippen LogP contribution in [0.25, 0.3) is 0 Å². The number of carbonyl (C=O) groups excluding carboxylic acids is 2. The molecule has 1 heterocycles. The van der Waals surface area contributed by atoms with Gasteiger partial charge in [-0.25, -0.2) is 4.98 Å². The third-order valence-electron chi connectivity index (χ3n) is 3.17. The lowest BCUT2D eigenvalue weighted by Gasteiger charge is -2.09. The number of carbonyl (C=O) groups is 2. The topological polar surface area (TPSA) is 68.3 Å². The van der Waals surface area contributed by atoms with E-state index in [1.54, 1.807) is 6.92 Å². The van der Waals surface area contributed by atoms with Crippen molar-refractivity contribution in [3.63, 3.8) is 0 Å². The number of nitrogens with one attached hydrogen (secondary N) is 1. The number of aromatic nitrogens is 1.